The van der Waals surface area contributed by atoms with Gasteiger partial charge in [0.2, 0.25) is 0 Å². The standard InChI is InChI=1S/C7H7N/c1-6-3-4-8-7(2)5-6/h2-5H,1H3. The fourth-order valence-electron chi connectivity index (χ4n) is 0.560. The van der Waals surface area contributed by atoms with Gasteiger partial charge >= 0.3 is 0 Å². The highest BCUT2D eigenvalue weighted by atomic mass is 14.6. The Hall–Kier alpha value is -0.850. The van der Waals surface area contributed by atoms with Crippen molar-refractivity contribution < 1.29 is 0 Å². The molecule has 0 aliphatic carbocycles. The number of nitrogens with zero attached hydrogens (tertiary/aromatic N) is 1. The molecule has 0 spiro atoms. The van der Waals surface area contributed by atoms with E-state index >= 15 is 0 Å². The second-order valence-corrected chi connectivity index (χ2v) is 1.76. The van der Waals surface area contributed by atoms with E-state index in [1.807, 2.05) is 19.1 Å². The molecule has 0 fully saturated rings. The highest BCUT2D eigenvalue weighted by molar-refractivity contribution is 5.15. The molecule has 0 amide bonds. The largest absolute Gasteiger partial charge is 0.261 e. The third-order valence-corrected chi connectivity index (χ3v) is 0.937. The van der Waals surface area contributed by atoms with Gasteiger partial charge in [0.25, 0.3) is 0 Å². The van der Waals surface area contributed by atoms with Gasteiger partial charge in [-0.15, -0.1) is 0 Å². The minimum Gasteiger partial charge on any atom is -0.261 e. The minimum absolute atomic E-state index is 0.588. The lowest BCUT2D eigenvalue weighted by atomic mass is 10.3. The van der Waals surface area contributed by atoms with E-state index in [0.717, 1.165) is 5.56 Å². The fraction of sp³-hybridized carbons (Fsp3) is 0.143. The lowest BCUT2D eigenvalue weighted by molar-refractivity contribution is 1.23. The number of hydrogen-bond donors (Lipinski definition) is 0. The molecule has 1 aromatic heterocycles. The van der Waals surface area contributed by atoms with Crippen molar-refractivity contribution in [3.8, 4) is 0 Å². The van der Waals surface area contributed by atoms with E-state index in [0.29, 0.717) is 5.69 Å². The van der Waals surface area contributed by atoms with Crippen molar-refractivity contribution in [2.75, 3.05) is 0 Å². The Labute approximate surface area is 49.4 Å². The Kier molecular flexibility index (Phi) is 1.29. The van der Waals surface area contributed by atoms with Crippen molar-refractivity contribution in [2.24, 2.45) is 0 Å². The molecule has 8 heavy (non-hydrogen) atoms. The Morgan fingerprint density at radius 2 is 2.38 bits per heavy atom. The van der Waals surface area contributed by atoms with Crippen molar-refractivity contribution in [3.63, 3.8) is 0 Å². The summed E-state index contributed by atoms with van der Waals surface area (Å²) in [4.78, 5) is 3.82. The van der Waals surface area contributed by atoms with Crippen LogP contribution in [-0.4, -0.2) is 4.98 Å². The second-order valence-electron chi connectivity index (χ2n) is 1.76. The summed E-state index contributed by atoms with van der Waals surface area (Å²) in [5.74, 6) is 0. The first-order valence-electron chi connectivity index (χ1n) is 2.47. The first-order valence-corrected chi connectivity index (χ1v) is 2.47. The summed E-state index contributed by atoms with van der Waals surface area (Å²) in [5, 5.41) is 0. The van der Waals surface area contributed by atoms with Gasteiger partial charge < -0.3 is 0 Å². The molecule has 0 N–H and O–H groups in total. The van der Waals surface area contributed by atoms with Crippen LogP contribution >= 0.6 is 0 Å². The molecule has 0 aliphatic heterocycles. The van der Waals surface area contributed by atoms with Gasteiger partial charge in [-0.3, -0.25) is 4.98 Å². The molecule has 1 aromatic rings. The Morgan fingerprint density at radius 1 is 1.62 bits per heavy atom. The van der Waals surface area contributed by atoms with Crippen molar-refractivity contribution in [3.05, 3.63) is 36.5 Å². The third kappa shape index (κ3) is 1.06. The smallest absolute Gasteiger partial charge is 0.0451 e. The molecule has 1 rings (SSSR count). The third-order valence-electron chi connectivity index (χ3n) is 0.937. The van der Waals surface area contributed by atoms with Crippen molar-refractivity contribution in [1.82, 2.24) is 4.98 Å². The van der Waals surface area contributed by atoms with Crippen LogP contribution in [0.1, 0.15) is 11.3 Å². The van der Waals surface area contributed by atoms with Gasteiger partial charge in [-0.05, 0) is 24.6 Å². The molecule has 0 unspecified atom stereocenters. The van der Waals surface area contributed by atoms with E-state index in [4.69, 9.17) is 6.92 Å². The van der Waals surface area contributed by atoms with Crippen LogP contribution in [0.25, 0.3) is 0 Å². The molecule has 1 heteroatoms. The Bertz CT molecular complexity index is 164. The van der Waals surface area contributed by atoms with Gasteiger partial charge in [0.15, 0.2) is 0 Å². The average molecular weight is 105 g/mol. The SMILES string of the molecule is [CH]c1cc(C)ccn1. The molecule has 0 aliphatic rings. The summed E-state index contributed by atoms with van der Waals surface area (Å²) in [6.07, 6.45) is 1.70. The van der Waals surface area contributed by atoms with Crippen LogP contribution in [0.2, 0.25) is 0 Å². The van der Waals surface area contributed by atoms with Crippen LogP contribution in [0.4, 0.5) is 0 Å². The summed E-state index contributed by atoms with van der Waals surface area (Å²) < 4.78 is 0. The zero-order chi connectivity index (χ0) is 5.98. The second kappa shape index (κ2) is 1.95. The summed E-state index contributed by atoms with van der Waals surface area (Å²) in [7, 11) is 0. The summed E-state index contributed by atoms with van der Waals surface area (Å²) in [6.45, 7) is 7.33. The zero-order valence-corrected chi connectivity index (χ0v) is 4.76. The number of hydrogen-bond acceptors (Lipinski definition) is 1. The molecule has 0 saturated carbocycles. The topological polar surface area (TPSA) is 12.9 Å². The Balaban J connectivity index is 3.08. The number of pyridine rings is 1. The van der Waals surface area contributed by atoms with Crippen molar-refractivity contribution in [1.29, 1.82) is 0 Å². The van der Waals surface area contributed by atoms with E-state index in [1.165, 1.54) is 0 Å². The first-order chi connectivity index (χ1) is 3.79. The fourth-order valence-corrected chi connectivity index (χ4v) is 0.560. The average Bonchev–Trinajstić information content (AvgIpc) is 1.64. The highest BCUT2D eigenvalue weighted by Crippen LogP contribution is 1.95. The number of aromatic nitrogens is 1. The Morgan fingerprint density at radius 3 is 2.75 bits per heavy atom. The van der Waals surface area contributed by atoms with E-state index in [9.17, 15) is 0 Å². The normalized spacial score (nSPS) is 9.25. The lowest BCUT2D eigenvalue weighted by Gasteiger charge is -1.89. The van der Waals surface area contributed by atoms with Crippen molar-refractivity contribution in [2.45, 2.75) is 6.92 Å². The van der Waals surface area contributed by atoms with E-state index < -0.39 is 0 Å². The maximum atomic E-state index is 5.35. The van der Waals surface area contributed by atoms with Gasteiger partial charge in [0.05, 0.1) is 0 Å². The van der Waals surface area contributed by atoms with Gasteiger partial charge in [0.1, 0.15) is 0 Å². The van der Waals surface area contributed by atoms with Crippen LogP contribution in [0, 0.1) is 13.8 Å². The van der Waals surface area contributed by atoms with E-state index in [-0.39, 0.29) is 0 Å². The first kappa shape index (κ1) is 5.29. The molecule has 1 heterocycles. The molecular weight excluding hydrogens is 98.1 g/mol. The molecular formula is C7H7N. The lowest BCUT2D eigenvalue weighted by Crippen LogP contribution is -1.78. The molecule has 0 bridgehead atoms. The highest BCUT2D eigenvalue weighted by Gasteiger charge is 1.82. The molecule has 0 atom stereocenters. The van der Waals surface area contributed by atoms with Crippen LogP contribution in [0.3, 0.4) is 0 Å². The maximum Gasteiger partial charge on any atom is 0.0451 e. The summed E-state index contributed by atoms with van der Waals surface area (Å²) in [5.41, 5.74) is 1.74. The molecule has 0 saturated heterocycles. The van der Waals surface area contributed by atoms with Crippen LogP contribution < -0.4 is 0 Å². The van der Waals surface area contributed by atoms with Gasteiger partial charge in [-0.1, -0.05) is 0 Å². The molecule has 2 radical (unpaired) electrons. The van der Waals surface area contributed by atoms with Gasteiger partial charge in [-0.2, -0.15) is 0 Å². The minimum atomic E-state index is 0.588. The van der Waals surface area contributed by atoms with E-state index in [2.05, 4.69) is 4.98 Å². The maximum absolute atomic E-state index is 5.35. The summed E-state index contributed by atoms with van der Waals surface area (Å²) in [6, 6.07) is 3.75. The summed E-state index contributed by atoms with van der Waals surface area (Å²) >= 11 is 0. The zero-order valence-electron chi connectivity index (χ0n) is 4.76. The van der Waals surface area contributed by atoms with Gasteiger partial charge in [-0.25, -0.2) is 0 Å². The molecule has 40 valence electrons. The van der Waals surface area contributed by atoms with Crippen LogP contribution in [0.15, 0.2) is 18.3 Å². The van der Waals surface area contributed by atoms with Gasteiger partial charge in [0, 0.05) is 18.8 Å². The van der Waals surface area contributed by atoms with Crippen molar-refractivity contribution >= 4 is 0 Å². The predicted molar refractivity (Wildman–Crippen MR) is 32.4 cm³/mol. The molecule has 0 aromatic carbocycles. The number of aryl methyl sites for hydroxylation is 1. The predicted octanol–water partition coefficient (Wildman–Crippen LogP) is 1.45. The van der Waals surface area contributed by atoms with Crippen LogP contribution in [-0.2, 0) is 0 Å². The molecule has 1 nitrogen and oxygen atoms in total. The number of rotatable bonds is 0. The monoisotopic (exact) mass is 105 g/mol. The quantitative estimate of drug-likeness (QED) is 0.486. The van der Waals surface area contributed by atoms with Crippen LogP contribution in [0.5, 0.6) is 0 Å². The van der Waals surface area contributed by atoms with E-state index in [1.54, 1.807) is 6.20 Å².